The number of hydrogen-bond donors (Lipinski definition) is 1. The number of anilines is 1. The van der Waals surface area contributed by atoms with Crippen LogP contribution in [0.1, 0.15) is 34.8 Å². The fourth-order valence-corrected chi connectivity index (χ4v) is 3.56. The molecular weight excluding hydrogens is 302 g/mol. The van der Waals surface area contributed by atoms with Gasteiger partial charge in [-0.2, -0.15) is 0 Å². The number of hydrogen-bond acceptors (Lipinski definition) is 6. The number of ketones is 1. The van der Waals surface area contributed by atoms with Gasteiger partial charge in [-0.1, -0.05) is 53.8 Å². The fraction of sp³-hybridized carbons (Fsp3) is 0.400. The monoisotopic (exact) mass is 321 g/mol. The fourth-order valence-electron chi connectivity index (χ4n) is 1.90. The van der Waals surface area contributed by atoms with E-state index in [2.05, 4.69) is 22.4 Å². The molecule has 0 aliphatic carbocycles. The minimum absolute atomic E-state index is 0.135. The Kier molecular flexibility index (Phi) is 5.76. The lowest BCUT2D eigenvalue weighted by Gasteiger charge is -2.04. The highest BCUT2D eigenvalue weighted by atomic mass is 32.2. The van der Waals surface area contributed by atoms with E-state index in [1.807, 2.05) is 32.0 Å². The number of thioether (sulfide) groups is 1. The Hall–Kier alpha value is -1.40. The molecule has 1 aromatic heterocycles. The highest BCUT2D eigenvalue weighted by Gasteiger charge is 2.12. The van der Waals surface area contributed by atoms with Gasteiger partial charge in [0.2, 0.25) is 5.13 Å². The Bertz CT molecular complexity index is 625. The van der Waals surface area contributed by atoms with E-state index >= 15 is 0 Å². The van der Waals surface area contributed by atoms with Crippen LogP contribution in [0.25, 0.3) is 0 Å². The largest absolute Gasteiger partial charge is 0.360 e. The molecular formula is C15H19N3OS2. The first kappa shape index (κ1) is 16.0. The van der Waals surface area contributed by atoms with Gasteiger partial charge in [-0.25, -0.2) is 0 Å². The van der Waals surface area contributed by atoms with Crippen molar-refractivity contribution in [3.8, 4) is 0 Å². The molecule has 0 radical (unpaired) electrons. The molecule has 4 nitrogen and oxygen atoms in total. The van der Waals surface area contributed by atoms with Crippen LogP contribution in [0, 0.1) is 13.8 Å². The van der Waals surface area contributed by atoms with Gasteiger partial charge in [0, 0.05) is 12.1 Å². The summed E-state index contributed by atoms with van der Waals surface area (Å²) in [5, 5.41) is 12.2. The first-order valence-corrected chi connectivity index (χ1v) is 8.71. The predicted octanol–water partition coefficient (Wildman–Crippen LogP) is 3.95. The van der Waals surface area contributed by atoms with Crippen LogP contribution in [-0.4, -0.2) is 28.3 Å². The van der Waals surface area contributed by atoms with E-state index in [-0.39, 0.29) is 5.78 Å². The molecule has 0 saturated carbocycles. The van der Waals surface area contributed by atoms with Crippen molar-refractivity contribution < 1.29 is 4.79 Å². The van der Waals surface area contributed by atoms with Crippen molar-refractivity contribution in [2.24, 2.45) is 0 Å². The molecule has 1 N–H and O–H groups in total. The minimum Gasteiger partial charge on any atom is -0.360 e. The number of nitrogens with one attached hydrogen (secondary N) is 1. The molecule has 0 amide bonds. The van der Waals surface area contributed by atoms with Gasteiger partial charge < -0.3 is 5.32 Å². The number of nitrogens with zero attached hydrogens (tertiary/aromatic N) is 2. The number of rotatable bonds is 7. The molecule has 0 aliphatic rings. The number of aromatic nitrogens is 2. The Morgan fingerprint density at radius 3 is 2.86 bits per heavy atom. The SMILES string of the molecule is CCCNc1nnc(SCC(=O)c2ccc(C)cc2C)s1. The van der Waals surface area contributed by atoms with Gasteiger partial charge in [0.05, 0.1) is 5.75 Å². The van der Waals surface area contributed by atoms with Crippen molar-refractivity contribution in [3.63, 3.8) is 0 Å². The van der Waals surface area contributed by atoms with E-state index < -0.39 is 0 Å². The molecule has 112 valence electrons. The van der Waals surface area contributed by atoms with Gasteiger partial charge in [-0.05, 0) is 25.8 Å². The predicted molar refractivity (Wildman–Crippen MR) is 89.7 cm³/mol. The van der Waals surface area contributed by atoms with Crippen molar-refractivity contribution in [3.05, 3.63) is 34.9 Å². The number of carbonyl (C=O) groups excluding carboxylic acids is 1. The first-order valence-electron chi connectivity index (χ1n) is 6.90. The topological polar surface area (TPSA) is 54.9 Å². The standard InChI is InChI=1S/C15H19N3OS2/c1-4-7-16-14-17-18-15(21-14)20-9-13(19)12-6-5-10(2)8-11(12)3/h5-6,8H,4,7,9H2,1-3H3,(H,16,17). The summed E-state index contributed by atoms with van der Waals surface area (Å²) < 4.78 is 0.826. The van der Waals surface area contributed by atoms with E-state index in [9.17, 15) is 4.79 Å². The summed E-state index contributed by atoms with van der Waals surface area (Å²) in [6.07, 6.45) is 1.05. The molecule has 2 rings (SSSR count). The Balaban J connectivity index is 1.93. The molecule has 1 heterocycles. The number of aryl methyl sites for hydroxylation is 2. The molecule has 0 aliphatic heterocycles. The van der Waals surface area contributed by atoms with Gasteiger partial charge in [0.25, 0.3) is 0 Å². The molecule has 0 spiro atoms. The summed E-state index contributed by atoms with van der Waals surface area (Å²) in [5.41, 5.74) is 3.00. The lowest BCUT2D eigenvalue weighted by atomic mass is 10.0. The van der Waals surface area contributed by atoms with Crippen molar-refractivity contribution in [1.82, 2.24) is 10.2 Å². The smallest absolute Gasteiger partial charge is 0.206 e. The highest BCUT2D eigenvalue weighted by Crippen LogP contribution is 2.26. The van der Waals surface area contributed by atoms with Crippen LogP contribution in [0.5, 0.6) is 0 Å². The van der Waals surface area contributed by atoms with Crippen LogP contribution in [0.2, 0.25) is 0 Å². The molecule has 0 fully saturated rings. The zero-order chi connectivity index (χ0) is 15.2. The summed E-state index contributed by atoms with van der Waals surface area (Å²) in [7, 11) is 0. The van der Waals surface area contributed by atoms with Crippen LogP contribution in [0.4, 0.5) is 5.13 Å². The van der Waals surface area contributed by atoms with Crippen molar-refractivity contribution in [2.75, 3.05) is 17.6 Å². The molecule has 0 saturated heterocycles. The summed E-state index contributed by atoms with van der Waals surface area (Å²) in [5.74, 6) is 0.530. The average molecular weight is 321 g/mol. The summed E-state index contributed by atoms with van der Waals surface area (Å²) in [6.45, 7) is 7.00. The number of benzene rings is 1. The minimum atomic E-state index is 0.135. The molecule has 6 heteroatoms. The Morgan fingerprint density at radius 2 is 2.14 bits per heavy atom. The highest BCUT2D eigenvalue weighted by molar-refractivity contribution is 8.01. The van der Waals surface area contributed by atoms with Crippen LogP contribution >= 0.6 is 23.1 Å². The second kappa shape index (κ2) is 7.56. The van der Waals surface area contributed by atoms with E-state index in [0.717, 1.165) is 33.6 Å². The van der Waals surface area contributed by atoms with Gasteiger partial charge in [-0.15, -0.1) is 10.2 Å². The van der Waals surface area contributed by atoms with E-state index in [1.54, 1.807) is 0 Å². The first-order chi connectivity index (χ1) is 10.1. The van der Waals surface area contributed by atoms with E-state index in [4.69, 9.17) is 0 Å². The normalized spacial score (nSPS) is 10.6. The quantitative estimate of drug-likeness (QED) is 0.618. The lowest BCUT2D eigenvalue weighted by molar-refractivity contribution is 0.102. The zero-order valence-electron chi connectivity index (χ0n) is 12.5. The zero-order valence-corrected chi connectivity index (χ0v) is 14.1. The number of carbonyl (C=O) groups is 1. The Labute approximate surface area is 133 Å². The van der Waals surface area contributed by atoms with Gasteiger partial charge in [0.1, 0.15) is 0 Å². The maximum atomic E-state index is 12.2. The van der Waals surface area contributed by atoms with Crippen LogP contribution in [0.15, 0.2) is 22.5 Å². The molecule has 2 aromatic rings. The summed E-state index contributed by atoms with van der Waals surface area (Å²) in [4.78, 5) is 12.2. The number of Topliss-reactive ketones (excluding diaryl/α,β-unsaturated/α-hetero) is 1. The molecule has 1 aromatic carbocycles. The maximum absolute atomic E-state index is 12.2. The lowest BCUT2D eigenvalue weighted by Crippen LogP contribution is -2.04. The van der Waals surface area contributed by atoms with Gasteiger partial charge in [-0.3, -0.25) is 4.79 Å². The molecule has 0 atom stereocenters. The molecule has 0 unspecified atom stereocenters. The second-order valence-corrected chi connectivity index (χ2v) is 7.03. The van der Waals surface area contributed by atoms with E-state index in [1.165, 1.54) is 28.7 Å². The molecule has 21 heavy (non-hydrogen) atoms. The van der Waals surface area contributed by atoms with Crippen molar-refractivity contribution >= 4 is 34.0 Å². The van der Waals surface area contributed by atoms with Gasteiger partial charge >= 0.3 is 0 Å². The second-order valence-electron chi connectivity index (χ2n) is 4.83. The molecule has 0 bridgehead atoms. The van der Waals surface area contributed by atoms with Crippen LogP contribution in [-0.2, 0) is 0 Å². The maximum Gasteiger partial charge on any atom is 0.206 e. The van der Waals surface area contributed by atoms with Crippen molar-refractivity contribution in [1.29, 1.82) is 0 Å². The third kappa shape index (κ3) is 4.54. The third-order valence-electron chi connectivity index (χ3n) is 2.94. The Morgan fingerprint density at radius 1 is 1.33 bits per heavy atom. The van der Waals surface area contributed by atoms with Crippen molar-refractivity contribution in [2.45, 2.75) is 31.5 Å². The van der Waals surface area contributed by atoms with E-state index in [0.29, 0.717) is 5.75 Å². The average Bonchev–Trinajstić information content (AvgIpc) is 2.90. The summed E-state index contributed by atoms with van der Waals surface area (Å²) >= 11 is 2.94. The summed E-state index contributed by atoms with van der Waals surface area (Å²) in [6, 6.07) is 5.92. The van der Waals surface area contributed by atoms with Crippen LogP contribution in [0.3, 0.4) is 0 Å². The van der Waals surface area contributed by atoms with Gasteiger partial charge in [0.15, 0.2) is 10.1 Å². The third-order valence-corrected chi connectivity index (χ3v) is 4.96. The van der Waals surface area contributed by atoms with Crippen LogP contribution < -0.4 is 5.32 Å².